The maximum absolute atomic E-state index is 14.9. The Bertz CT molecular complexity index is 6240. The Morgan fingerprint density at radius 1 is 0.472 bits per heavy atom. The van der Waals surface area contributed by atoms with Crippen molar-refractivity contribution in [1.82, 2.24) is 44.9 Å². The molecule has 0 radical (unpaired) electrons. The van der Waals surface area contributed by atoms with Gasteiger partial charge in [-0.25, -0.2) is 17.6 Å². The van der Waals surface area contributed by atoms with E-state index in [0.29, 0.717) is 59.5 Å². The number of anilines is 2. The number of morpholine rings is 4. The van der Waals surface area contributed by atoms with Gasteiger partial charge in [-0.05, 0) is 94.4 Å². The lowest BCUT2D eigenvalue weighted by Crippen LogP contribution is -2.36. The van der Waals surface area contributed by atoms with Crippen molar-refractivity contribution in [3.63, 3.8) is 0 Å². The Morgan fingerprint density at radius 3 is 1.19 bits per heavy atom. The summed E-state index contributed by atoms with van der Waals surface area (Å²) in [6, 6.07) is 38.9. The van der Waals surface area contributed by atoms with Crippen molar-refractivity contribution in [2.24, 2.45) is 0 Å². The van der Waals surface area contributed by atoms with Crippen molar-refractivity contribution in [2.75, 3.05) is 142 Å². The molecule has 640 valence electrons. The highest BCUT2D eigenvalue weighted by Crippen LogP contribution is 2.42. The summed E-state index contributed by atoms with van der Waals surface area (Å²) in [6.07, 6.45) is 11.7. The molecule has 26 nitrogen and oxygen atoms in total. The zero-order valence-corrected chi connectivity index (χ0v) is 72.1. The van der Waals surface area contributed by atoms with Crippen LogP contribution in [0.3, 0.4) is 0 Å². The summed E-state index contributed by atoms with van der Waals surface area (Å²) in [5.41, 5.74) is 9.50. The van der Waals surface area contributed by atoms with Gasteiger partial charge in [0.2, 0.25) is 5.91 Å². The van der Waals surface area contributed by atoms with Crippen molar-refractivity contribution in [1.29, 1.82) is 0 Å². The van der Waals surface area contributed by atoms with Crippen molar-refractivity contribution in [3.05, 3.63) is 244 Å². The highest BCUT2D eigenvalue weighted by atomic mass is 79.9. The first kappa shape index (κ1) is 90.5. The van der Waals surface area contributed by atoms with E-state index >= 15 is 0 Å². The van der Waals surface area contributed by atoms with Gasteiger partial charge in [0.15, 0.2) is 51.4 Å². The number of pyridine rings is 4. The Morgan fingerprint density at radius 2 is 0.824 bits per heavy atom. The average Bonchev–Trinajstić information content (AvgIpc) is 1.70. The molecule has 0 saturated carbocycles. The molecular weight excluding hydrogens is 1780 g/mol. The number of hydrogen-bond acceptors (Lipinski definition) is 27. The molecule has 8 aromatic heterocycles. The van der Waals surface area contributed by atoms with E-state index in [0.717, 1.165) is 183 Å². The number of thiocarbonyl (C=S) groups is 1. The highest BCUT2D eigenvalue weighted by molar-refractivity contribution is 9.11. The second kappa shape index (κ2) is 45.5. The number of nitrogens with zero attached hydrogens (tertiary/aromatic N) is 10. The zero-order chi connectivity index (χ0) is 87.4. The number of nitro groups is 2. The van der Waals surface area contributed by atoms with Crippen molar-refractivity contribution < 1.29 is 70.1 Å². The fraction of sp³-hybridized carbons (Fsp3) is 0.236. The summed E-state index contributed by atoms with van der Waals surface area (Å²) in [5, 5.41) is 26.9. The first-order valence-corrected chi connectivity index (χ1v) is 43.2. The van der Waals surface area contributed by atoms with E-state index in [1.165, 1.54) is 93.9 Å². The number of carbonyl (C=O) groups excluding carboxylic acids is 1. The number of halogens is 5. The van der Waals surface area contributed by atoms with Gasteiger partial charge in [-0.1, -0.05) is 71.8 Å². The number of terminal acetylenes is 1. The third-order valence-corrected chi connectivity index (χ3v) is 23.5. The molecule has 0 spiro atoms. The number of hydrogen-bond donors (Lipinski definition) is 3. The first-order chi connectivity index (χ1) is 60.8. The predicted octanol–water partition coefficient (Wildman–Crippen LogP) is 17.1. The van der Waals surface area contributed by atoms with E-state index in [9.17, 15) is 42.6 Å². The zero-order valence-electron chi connectivity index (χ0n) is 66.5. The minimum atomic E-state index is -0.800. The number of benzene rings is 5. The number of carbonyl (C=O) groups is 1. The molecule has 4 aliphatic heterocycles. The van der Waals surface area contributed by atoms with Gasteiger partial charge in [0.1, 0.15) is 23.0 Å². The van der Waals surface area contributed by atoms with Crippen LogP contribution in [-0.4, -0.2) is 192 Å². The van der Waals surface area contributed by atoms with Gasteiger partial charge in [-0.2, -0.15) is 0 Å². The Hall–Kier alpha value is -12.2. The fourth-order valence-electron chi connectivity index (χ4n) is 12.2. The summed E-state index contributed by atoms with van der Waals surface area (Å²) in [5.74, 6) is 20.8. The maximum atomic E-state index is 14.9. The molecule has 0 bridgehead atoms. The number of thiophene rings is 4. The summed E-state index contributed by atoms with van der Waals surface area (Å²) in [4.78, 5) is 61.1. The van der Waals surface area contributed by atoms with E-state index < -0.39 is 33.1 Å². The molecule has 0 aliphatic carbocycles. The molecule has 4 aliphatic rings. The molecule has 5 aromatic carbocycles. The number of rotatable bonds is 17. The molecule has 0 unspecified atom stereocenters. The van der Waals surface area contributed by atoms with Gasteiger partial charge in [0.05, 0.1) is 167 Å². The second-order valence-corrected chi connectivity index (χ2v) is 33.3. The summed E-state index contributed by atoms with van der Waals surface area (Å²) in [7, 11) is 0. The molecule has 4 saturated heterocycles. The van der Waals surface area contributed by atoms with Crippen LogP contribution in [0, 0.1) is 91.4 Å². The number of nitrogens with two attached hydrogens (primary N) is 1. The number of nitrogens with one attached hydrogen (secondary N) is 2. The quantitative estimate of drug-likeness (QED) is 0.0191. The topological polar surface area (TPSA) is 292 Å². The van der Waals surface area contributed by atoms with E-state index in [1.807, 2.05) is 54.6 Å². The van der Waals surface area contributed by atoms with Crippen LogP contribution in [0.15, 0.2) is 180 Å². The molecular formula is C89H76BrF4N13O13S5. The third-order valence-electron chi connectivity index (χ3n) is 18.5. The lowest BCUT2D eigenvalue weighted by atomic mass is 10.1. The van der Waals surface area contributed by atoms with Crippen LogP contribution >= 0.6 is 73.5 Å². The van der Waals surface area contributed by atoms with E-state index in [2.05, 4.69) is 108 Å². The van der Waals surface area contributed by atoms with E-state index in [1.54, 1.807) is 61.2 Å². The summed E-state index contributed by atoms with van der Waals surface area (Å²) in [6.45, 7) is 16.3. The van der Waals surface area contributed by atoms with Gasteiger partial charge >= 0.3 is 0 Å². The average molecular weight is 1850 g/mol. The molecule has 1 amide bonds. The number of amides is 1. The number of aromatic nitrogens is 4. The lowest BCUT2D eigenvalue weighted by molar-refractivity contribution is -0.385. The molecule has 36 heteroatoms. The van der Waals surface area contributed by atoms with Crippen LogP contribution in [0.25, 0.3) is 40.9 Å². The van der Waals surface area contributed by atoms with Crippen LogP contribution in [0.5, 0.6) is 46.0 Å². The first-order valence-electron chi connectivity index (χ1n) is 38.7. The molecule has 12 heterocycles. The monoisotopic (exact) mass is 1850 g/mol. The normalized spacial score (nSPS) is 14.0. The van der Waals surface area contributed by atoms with Crippen LogP contribution < -0.4 is 35.3 Å². The molecule has 4 N–H and O–H groups in total. The number of ether oxygens (including phenoxy) is 8. The number of non-ortho nitro benzene ring substituents is 2. The Labute approximate surface area is 744 Å². The lowest BCUT2D eigenvalue weighted by Gasteiger charge is -2.24. The SMILES string of the molecule is C#CCN1CCOCC1.Nc1ccc(Oc2ccnc3cc(C#CCN4CCOCC4)sc23)c(F)c1.O=C(Cc1ccccc1)NC(=S)Nc1ccc(Oc2ccnc3cc(C#CCN4CCOCC4)sc23)c(F)c1.O=[N+]([O-])c1ccc(Oc2ccnc3cc(Br)sc23)c(F)c1.O=[N+]([O-])c1ccc(Oc2ccnc3cc(C#CCN4CCOCC4)sc23)c(F)c1. The fourth-order valence-corrected chi connectivity index (χ4v) is 16.8. The number of nitro benzene ring substituents is 2. The third kappa shape index (κ3) is 26.7. The molecule has 125 heavy (non-hydrogen) atoms. The smallest absolute Gasteiger partial charge is 0.272 e. The molecule has 17 rings (SSSR count). The minimum Gasteiger partial charge on any atom is -0.453 e. The van der Waals surface area contributed by atoms with Crippen molar-refractivity contribution >= 4 is 148 Å². The largest absolute Gasteiger partial charge is 0.453 e. The van der Waals surface area contributed by atoms with E-state index in [-0.39, 0.29) is 51.8 Å². The predicted molar refractivity (Wildman–Crippen MR) is 483 cm³/mol. The van der Waals surface area contributed by atoms with Gasteiger partial charge in [0, 0.05) is 137 Å². The van der Waals surface area contributed by atoms with Crippen LogP contribution in [-0.2, 0) is 30.2 Å². The van der Waals surface area contributed by atoms with Gasteiger partial charge in [-0.3, -0.25) is 64.6 Å². The molecule has 0 atom stereocenters. The van der Waals surface area contributed by atoms with Crippen molar-refractivity contribution in [2.45, 2.75) is 6.42 Å². The second-order valence-electron chi connectivity index (χ2n) is 27.3. The van der Waals surface area contributed by atoms with Gasteiger partial charge in [-0.15, -0.1) is 51.8 Å². The van der Waals surface area contributed by atoms with Gasteiger partial charge in [0.25, 0.3) is 11.4 Å². The maximum Gasteiger partial charge on any atom is 0.272 e. The standard InChI is InChI=1S/C29H25FN4O3S2.C20H16FN3O4S.C20H18FN3O2S.C13H6BrFN2O3S.C7H11NO/c30-23-18-21(32-29(38)33-27(35)17-20-5-2-1-3-6-20)8-9-25(23)37-26-10-11-31-24-19-22(39-28(24)26)7-4-12-34-13-15-36-16-14-34;21-16-12-14(24(25)26)3-4-18(16)28-19-5-6-22-17-13-15(29-20(17)19)2-1-7-23-8-10-27-11-9-23;21-16-12-14(22)3-4-18(16)26-19-5-6-23-17-13-15(27-20(17)19)2-1-7-24-8-10-25-11-9-24;14-12-6-9-13(21-12)11(3-4-16-9)20-10-2-1-7(17(18)19)5-8(10)15;1-2-3-8-4-6-9-7-5-8/h1-3,5-6,8-11,18-19H,12-17H2,(H2,32,33,35,38);3-6,12-13H,7-11H2;3-6,12-13H,7-11,22H2;1-6H;1H,3-7H2. The van der Waals surface area contributed by atoms with Crippen LogP contribution in [0.4, 0.5) is 40.3 Å². The Balaban J connectivity index is 0.000000141. The van der Waals surface area contributed by atoms with Gasteiger partial charge < -0.3 is 54.3 Å². The Kier molecular flexibility index (Phi) is 32.9. The number of nitrogen functional groups attached to an aromatic ring is 1. The summed E-state index contributed by atoms with van der Waals surface area (Å²) < 4.78 is 105. The number of fused-ring (bicyclic) bond motifs is 4. The molecule has 4 fully saturated rings. The minimum absolute atomic E-state index is 0.0560. The highest BCUT2D eigenvalue weighted by Gasteiger charge is 2.21. The van der Waals surface area contributed by atoms with Crippen LogP contribution in [0.1, 0.15) is 20.2 Å². The van der Waals surface area contributed by atoms with E-state index in [4.69, 9.17) is 62.3 Å². The van der Waals surface area contributed by atoms with Crippen LogP contribution in [0.2, 0.25) is 0 Å². The molecule has 13 aromatic rings. The summed E-state index contributed by atoms with van der Waals surface area (Å²) >= 11 is 14.3. The van der Waals surface area contributed by atoms with Crippen molar-refractivity contribution in [3.8, 4) is 93.9 Å².